The van der Waals surface area contributed by atoms with Gasteiger partial charge >= 0.3 is 0 Å². The minimum atomic E-state index is -0.894. The van der Waals surface area contributed by atoms with Crippen LogP contribution in [0.1, 0.15) is 31.4 Å². The summed E-state index contributed by atoms with van der Waals surface area (Å²) in [6, 6.07) is 19.7. The lowest BCUT2D eigenvalue weighted by molar-refractivity contribution is -0.147. The van der Waals surface area contributed by atoms with Crippen molar-refractivity contribution < 1.29 is 14.8 Å². The van der Waals surface area contributed by atoms with E-state index in [0.717, 1.165) is 11.1 Å². The summed E-state index contributed by atoms with van der Waals surface area (Å²) < 4.78 is 0. The van der Waals surface area contributed by atoms with Crippen molar-refractivity contribution in [1.82, 2.24) is 10.4 Å². The summed E-state index contributed by atoms with van der Waals surface area (Å²) in [5.74, 6) is -1.64. The third-order valence-electron chi connectivity index (χ3n) is 4.47. The van der Waals surface area contributed by atoms with Gasteiger partial charge in [-0.2, -0.15) is 0 Å². The first kappa shape index (κ1) is 20.6. The minimum Gasteiger partial charge on any atom is -0.337 e. The quantitative estimate of drug-likeness (QED) is 0.405. The van der Waals surface area contributed by atoms with Gasteiger partial charge in [-0.3, -0.25) is 14.8 Å². The molecule has 5 heteroatoms. The van der Waals surface area contributed by atoms with Gasteiger partial charge in [0.15, 0.2) is 0 Å². The molecule has 0 aliphatic rings. The zero-order chi connectivity index (χ0) is 19.6. The van der Waals surface area contributed by atoms with E-state index in [2.05, 4.69) is 0 Å². The Bertz CT molecular complexity index is 717. The molecule has 0 bridgehead atoms. The lowest BCUT2D eigenvalue weighted by Gasteiger charge is -2.27. The Labute approximate surface area is 161 Å². The van der Waals surface area contributed by atoms with Crippen molar-refractivity contribution in [3.8, 4) is 0 Å². The number of nitrogens with one attached hydrogen (secondary N) is 1. The molecule has 1 atom stereocenters. The van der Waals surface area contributed by atoms with Crippen molar-refractivity contribution in [3.63, 3.8) is 0 Å². The van der Waals surface area contributed by atoms with Crippen LogP contribution in [0.4, 0.5) is 0 Å². The fourth-order valence-corrected chi connectivity index (χ4v) is 3.07. The van der Waals surface area contributed by atoms with Crippen molar-refractivity contribution in [2.75, 3.05) is 6.54 Å². The highest BCUT2D eigenvalue weighted by Gasteiger charge is 2.31. The van der Waals surface area contributed by atoms with Crippen LogP contribution in [0.25, 0.3) is 0 Å². The summed E-state index contributed by atoms with van der Waals surface area (Å²) in [7, 11) is 0. The molecule has 144 valence electrons. The Morgan fingerprint density at radius 1 is 0.963 bits per heavy atom. The third kappa shape index (κ3) is 6.53. The van der Waals surface area contributed by atoms with Gasteiger partial charge in [0.25, 0.3) is 5.91 Å². The molecule has 0 saturated carbocycles. The SMILES string of the molecule is CC(C)CC(C(=O)NO)C(=O)N(CCc1ccccc1)Cc1ccccc1. The maximum atomic E-state index is 13.2. The lowest BCUT2D eigenvalue weighted by atomic mass is 9.94. The van der Waals surface area contributed by atoms with Crippen LogP contribution in [0, 0.1) is 11.8 Å². The van der Waals surface area contributed by atoms with Gasteiger partial charge in [0, 0.05) is 13.1 Å². The van der Waals surface area contributed by atoms with Crippen LogP contribution in [-0.2, 0) is 22.6 Å². The van der Waals surface area contributed by atoms with Crippen LogP contribution < -0.4 is 5.48 Å². The molecule has 2 aromatic rings. The predicted molar refractivity (Wildman–Crippen MR) is 105 cm³/mol. The van der Waals surface area contributed by atoms with Crippen molar-refractivity contribution >= 4 is 11.8 Å². The molecule has 0 aliphatic carbocycles. The zero-order valence-corrected chi connectivity index (χ0v) is 16.0. The summed E-state index contributed by atoms with van der Waals surface area (Å²) in [6.45, 7) is 4.84. The third-order valence-corrected chi connectivity index (χ3v) is 4.47. The van der Waals surface area contributed by atoms with Gasteiger partial charge in [-0.05, 0) is 29.9 Å². The molecule has 1 unspecified atom stereocenters. The average Bonchev–Trinajstić information content (AvgIpc) is 2.69. The van der Waals surface area contributed by atoms with Crippen molar-refractivity contribution in [1.29, 1.82) is 0 Å². The largest absolute Gasteiger partial charge is 0.337 e. The fourth-order valence-electron chi connectivity index (χ4n) is 3.07. The Kier molecular flexibility index (Phi) is 8.01. The predicted octanol–water partition coefficient (Wildman–Crippen LogP) is 3.43. The number of hydroxylamine groups is 1. The highest BCUT2D eigenvalue weighted by atomic mass is 16.5. The van der Waals surface area contributed by atoms with Gasteiger partial charge in [-0.15, -0.1) is 0 Å². The van der Waals surface area contributed by atoms with Gasteiger partial charge in [0.1, 0.15) is 5.92 Å². The Balaban J connectivity index is 2.19. The summed E-state index contributed by atoms with van der Waals surface area (Å²) in [5, 5.41) is 9.08. The van der Waals surface area contributed by atoms with Crippen LogP contribution in [0.2, 0.25) is 0 Å². The molecule has 0 fully saturated rings. The highest BCUT2D eigenvalue weighted by molar-refractivity contribution is 5.99. The molecule has 27 heavy (non-hydrogen) atoms. The molecule has 2 rings (SSSR count). The summed E-state index contributed by atoms with van der Waals surface area (Å²) in [5.41, 5.74) is 3.80. The number of nitrogens with zero attached hydrogens (tertiary/aromatic N) is 1. The topological polar surface area (TPSA) is 69.6 Å². The average molecular weight is 368 g/mol. The first-order valence-corrected chi connectivity index (χ1v) is 9.31. The smallest absolute Gasteiger partial charge is 0.255 e. The van der Waals surface area contributed by atoms with Crippen LogP contribution in [0.15, 0.2) is 60.7 Å². The Morgan fingerprint density at radius 2 is 1.52 bits per heavy atom. The minimum absolute atomic E-state index is 0.156. The molecule has 0 spiro atoms. The van der Waals surface area contributed by atoms with Crippen molar-refractivity contribution in [2.24, 2.45) is 11.8 Å². The summed E-state index contributed by atoms with van der Waals surface area (Å²) >= 11 is 0. The second-order valence-electron chi connectivity index (χ2n) is 7.14. The number of hydrogen-bond acceptors (Lipinski definition) is 3. The molecular weight excluding hydrogens is 340 g/mol. The lowest BCUT2D eigenvalue weighted by Crippen LogP contribution is -2.44. The van der Waals surface area contributed by atoms with E-state index in [1.807, 2.05) is 74.5 Å². The van der Waals surface area contributed by atoms with E-state index in [9.17, 15) is 9.59 Å². The molecule has 0 saturated heterocycles. The van der Waals surface area contributed by atoms with Crippen LogP contribution in [-0.4, -0.2) is 28.5 Å². The van der Waals surface area contributed by atoms with Crippen molar-refractivity contribution in [3.05, 3.63) is 71.8 Å². The van der Waals surface area contributed by atoms with Gasteiger partial charge in [-0.1, -0.05) is 74.5 Å². The summed E-state index contributed by atoms with van der Waals surface area (Å²) in [6.07, 6.45) is 1.09. The molecule has 2 N–H and O–H groups in total. The standard InChI is InChI=1S/C22H28N2O3/c1-17(2)15-20(21(25)23-27)22(26)24(16-19-11-7-4-8-12-19)14-13-18-9-5-3-6-10-18/h3-12,17,20,27H,13-16H2,1-2H3,(H,23,25). The molecule has 5 nitrogen and oxygen atoms in total. The van der Waals surface area contributed by atoms with Crippen molar-refractivity contribution in [2.45, 2.75) is 33.2 Å². The van der Waals surface area contributed by atoms with Gasteiger partial charge in [0.05, 0.1) is 0 Å². The van der Waals surface area contributed by atoms with E-state index < -0.39 is 11.8 Å². The Morgan fingerprint density at radius 3 is 2.04 bits per heavy atom. The molecule has 0 aliphatic heterocycles. The van der Waals surface area contributed by atoms with Crippen LogP contribution in [0.5, 0.6) is 0 Å². The monoisotopic (exact) mass is 368 g/mol. The number of carbonyl (C=O) groups is 2. The number of hydrogen-bond donors (Lipinski definition) is 2. The van der Waals surface area contributed by atoms with E-state index in [-0.39, 0.29) is 11.8 Å². The van der Waals surface area contributed by atoms with Crippen LogP contribution >= 0.6 is 0 Å². The number of amides is 2. The van der Waals surface area contributed by atoms with Gasteiger partial charge in [0.2, 0.25) is 5.91 Å². The van der Waals surface area contributed by atoms with Crippen LogP contribution in [0.3, 0.4) is 0 Å². The first-order valence-electron chi connectivity index (χ1n) is 9.31. The molecular formula is C22H28N2O3. The maximum Gasteiger partial charge on any atom is 0.255 e. The molecule has 2 aromatic carbocycles. The second kappa shape index (κ2) is 10.5. The second-order valence-corrected chi connectivity index (χ2v) is 7.14. The van der Waals surface area contributed by atoms with E-state index >= 15 is 0 Å². The maximum absolute atomic E-state index is 13.2. The molecule has 0 heterocycles. The fraction of sp³-hybridized carbons (Fsp3) is 0.364. The van der Waals surface area contributed by atoms with E-state index in [1.54, 1.807) is 10.4 Å². The molecule has 0 aromatic heterocycles. The van der Waals surface area contributed by atoms with Gasteiger partial charge < -0.3 is 4.90 Å². The number of benzene rings is 2. The normalized spacial score (nSPS) is 11.9. The number of rotatable bonds is 9. The Hall–Kier alpha value is -2.66. The van der Waals surface area contributed by atoms with E-state index in [0.29, 0.717) is 25.9 Å². The van der Waals surface area contributed by atoms with E-state index in [4.69, 9.17) is 5.21 Å². The molecule has 2 amide bonds. The zero-order valence-electron chi connectivity index (χ0n) is 16.0. The molecule has 0 radical (unpaired) electrons. The van der Waals surface area contributed by atoms with Gasteiger partial charge in [-0.25, -0.2) is 5.48 Å². The highest BCUT2D eigenvalue weighted by Crippen LogP contribution is 2.18. The first-order chi connectivity index (χ1) is 13.0. The van der Waals surface area contributed by atoms with E-state index in [1.165, 1.54) is 0 Å². The summed E-state index contributed by atoms with van der Waals surface area (Å²) in [4.78, 5) is 27.0. The number of carbonyl (C=O) groups excluding carboxylic acids is 2.